The van der Waals surface area contributed by atoms with Crippen LogP contribution in [0.2, 0.25) is 5.02 Å². The van der Waals surface area contributed by atoms with Gasteiger partial charge in [0.2, 0.25) is 15.9 Å². The molecule has 0 spiro atoms. The normalized spacial score (nSPS) is 15.1. The number of hydrogen-bond acceptors (Lipinski definition) is 3. The van der Waals surface area contributed by atoms with E-state index in [2.05, 4.69) is 5.32 Å². The average Bonchev–Trinajstić information content (AvgIpc) is 2.59. The number of hydrogen-bond donors (Lipinski definition) is 1. The maximum atomic E-state index is 12.9. The SMILES string of the molecule is CC(C)(C)CC(=O)Nc1ccc2c(c1)CN(S(=O)(=O)c1ccc(Cl)cc1)CC2. The lowest BCUT2D eigenvalue weighted by Gasteiger charge is -2.28. The summed E-state index contributed by atoms with van der Waals surface area (Å²) in [6, 6.07) is 11.9. The van der Waals surface area contributed by atoms with E-state index in [0.29, 0.717) is 30.1 Å². The molecule has 0 unspecified atom stereocenters. The molecule has 2 aromatic carbocycles. The lowest BCUT2D eigenvalue weighted by Crippen LogP contribution is -2.36. The minimum absolute atomic E-state index is 0.0473. The second-order valence-corrected chi connectivity index (χ2v) is 10.7. The monoisotopic (exact) mass is 420 g/mol. The smallest absolute Gasteiger partial charge is 0.243 e. The first-order valence-electron chi connectivity index (χ1n) is 9.22. The van der Waals surface area contributed by atoms with Gasteiger partial charge >= 0.3 is 0 Å². The predicted molar refractivity (Wildman–Crippen MR) is 112 cm³/mol. The van der Waals surface area contributed by atoms with Crippen molar-refractivity contribution in [3.05, 3.63) is 58.6 Å². The third kappa shape index (κ3) is 4.93. The summed E-state index contributed by atoms with van der Waals surface area (Å²) in [7, 11) is -3.59. The van der Waals surface area contributed by atoms with Gasteiger partial charge in [0.1, 0.15) is 0 Å². The summed E-state index contributed by atoms with van der Waals surface area (Å²) in [5, 5.41) is 3.42. The number of nitrogens with zero attached hydrogens (tertiary/aromatic N) is 1. The summed E-state index contributed by atoms with van der Waals surface area (Å²) in [6.07, 6.45) is 1.06. The molecule has 7 heteroatoms. The number of carbonyl (C=O) groups is 1. The zero-order valence-corrected chi connectivity index (χ0v) is 17.9. The van der Waals surface area contributed by atoms with E-state index >= 15 is 0 Å². The van der Waals surface area contributed by atoms with Crippen molar-refractivity contribution in [1.82, 2.24) is 4.31 Å². The van der Waals surface area contributed by atoms with Gasteiger partial charge < -0.3 is 5.32 Å². The number of halogens is 1. The number of nitrogens with one attached hydrogen (secondary N) is 1. The van der Waals surface area contributed by atoms with Crippen molar-refractivity contribution >= 4 is 33.2 Å². The van der Waals surface area contributed by atoms with Crippen molar-refractivity contribution in [3.8, 4) is 0 Å². The fourth-order valence-corrected chi connectivity index (χ4v) is 4.80. The van der Waals surface area contributed by atoms with Crippen LogP contribution in [0, 0.1) is 5.41 Å². The molecule has 0 radical (unpaired) electrons. The molecular formula is C21H25ClN2O3S. The van der Waals surface area contributed by atoms with Gasteiger partial charge in [0.25, 0.3) is 0 Å². The van der Waals surface area contributed by atoms with Gasteiger partial charge in [-0.3, -0.25) is 4.79 Å². The van der Waals surface area contributed by atoms with Crippen LogP contribution in [-0.4, -0.2) is 25.2 Å². The molecule has 0 atom stereocenters. The van der Waals surface area contributed by atoms with Crippen LogP contribution in [0.5, 0.6) is 0 Å². The van der Waals surface area contributed by atoms with Crippen molar-refractivity contribution in [3.63, 3.8) is 0 Å². The summed E-state index contributed by atoms with van der Waals surface area (Å²) < 4.78 is 27.4. The molecule has 1 aliphatic heterocycles. The largest absolute Gasteiger partial charge is 0.326 e. The van der Waals surface area contributed by atoms with Gasteiger partial charge in [-0.25, -0.2) is 8.42 Å². The number of anilines is 1. The first-order valence-corrected chi connectivity index (χ1v) is 11.0. The molecule has 1 aliphatic rings. The van der Waals surface area contributed by atoms with Crippen LogP contribution in [0.3, 0.4) is 0 Å². The Bertz CT molecular complexity index is 980. The summed E-state index contributed by atoms with van der Waals surface area (Å²) in [4.78, 5) is 12.4. The number of carbonyl (C=O) groups excluding carboxylic acids is 1. The van der Waals surface area contributed by atoms with Crippen molar-refractivity contribution in [2.45, 2.75) is 45.1 Å². The van der Waals surface area contributed by atoms with E-state index < -0.39 is 10.0 Å². The molecule has 0 fully saturated rings. The Morgan fingerprint density at radius 3 is 2.43 bits per heavy atom. The number of rotatable bonds is 4. The Labute approximate surface area is 171 Å². The van der Waals surface area contributed by atoms with Crippen molar-refractivity contribution in [2.75, 3.05) is 11.9 Å². The molecule has 1 amide bonds. The van der Waals surface area contributed by atoms with Crippen LogP contribution in [0.1, 0.15) is 38.3 Å². The standard InChI is InChI=1S/C21H25ClN2O3S/c1-21(2,3)13-20(25)23-18-7-4-15-10-11-24(14-16(15)12-18)28(26,27)19-8-5-17(22)6-9-19/h4-9,12H,10-11,13-14H2,1-3H3,(H,23,25). The highest BCUT2D eigenvalue weighted by Crippen LogP contribution is 2.28. The summed E-state index contributed by atoms with van der Waals surface area (Å²) in [5.41, 5.74) is 2.62. The number of fused-ring (bicyclic) bond motifs is 1. The zero-order chi connectivity index (χ0) is 20.5. The molecule has 150 valence electrons. The van der Waals surface area contributed by atoms with Crippen LogP contribution < -0.4 is 5.32 Å². The number of benzene rings is 2. The van der Waals surface area contributed by atoms with Crippen molar-refractivity contribution in [1.29, 1.82) is 0 Å². The lowest BCUT2D eigenvalue weighted by atomic mass is 9.92. The van der Waals surface area contributed by atoms with Crippen LogP contribution in [0.15, 0.2) is 47.4 Å². The molecule has 0 bridgehead atoms. The van der Waals surface area contributed by atoms with Gasteiger partial charge in [0.15, 0.2) is 0 Å². The third-order valence-corrected chi connectivity index (χ3v) is 6.72. The Morgan fingerprint density at radius 1 is 1.11 bits per heavy atom. The fraction of sp³-hybridized carbons (Fsp3) is 0.381. The molecule has 0 saturated carbocycles. The molecule has 5 nitrogen and oxygen atoms in total. The highest BCUT2D eigenvalue weighted by atomic mass is 35.5. The van der Waals surface area contributed by atoms with Crippen LogP contribution in [0.4, 0.5) is 5.69 Å². The molecule has 2 aromatic rings. The van der Waals surface area contributed by atoms with Crippen molar-refractivity contribution < 1.29 is 13.2 Å². The molecule has 1 heterocycles. The molecule has 0 aliphatic carbocycles. The minimum Gasteiger partial charge on any atom is -0.326 e. The van der Waals surface area contributed by atoms with E-state index in [0.717, 1.165) is 11.1 Å². The Hall–Kier alpha value is -1.89. The van der Waals surface area contributed by atoms with Gasteiger partial charge in [-0.15, -0.1) is 0 Å². The van der Waals surface area contributed by atoms with Gasteiger partial charge in [0.05, 0.1) is 4.90 Å². The Kier molecular flexibility index (Phi) is 5.84. The molecule has 0 saturated heterocycles. The molecular weight excluding hydrogens is 396 g/mol. The molecule has 1 N–H and O–H groups in total. The fourth-order valence-electron chi connectivity index (χ4n) is 3.26. The quantitative estimate of drug-likeness (QED) is 0.793. The Balaban J connectivity index is 1.78. The van der Waals surface area contributed by atoms with Gasteiger partial charge in [-0.05, 0) is 59.4 Å². The van der Waals surface area contributed by atoms with Crippen molar-refractivity contribution in [2.24, 2.45) is 5.41 Å². The van der Waals surface area contributed by atoms with E-state index in [1.165, 1.54) is 16.4 Å². The second kappa shape index (κ2) is 7.85. The number of amides is 1. The summed E-state index contributed by atoms with van der Waals surface area (Å²) >= 11 is 5.87. The number of sulfonamides is 1. The molecule has 3 rings (SSSR count). The highest BCUT2D eigenvalue weighted by molar-refractivity contribution is 7.89. The van der Waals surface area contributed by atoms with E-state index in [1.807, 2.05) is 39.0 Å². The van der Waals surface area contributed by atoms with E-state index in [-0.39, 0.29) is 22.8 Å². The zero-order valence-electron chi connectivity index (χ0n) is 16.3. The highest BCUT2D eigenvalue weighted by Gasteiger charge is 2.28. The Morgan fingerprint density at radius 2 is 1.79 bits per heavy atom. The second-order valence-electron chi connectivity index (χ2n) is 8.31. The maximum Gasteiger partial charge on any atom is 0.243 e. The minimum atomic E-state index is -3.59. The maximum absolute atomic E-state index is 12.9. The first kappa shape index (κ1) is 20.8. The first-order chi connectivity index (χ1) is 13.0. The lowest BCUT2D eigenvalue weighted by molar-refractivity contribution is -0.117. The third-order valence-electron chi connectivity index (χ3n) is 4.61. The van der Waals surface area contributed by atoms with Crippen LogP contribution in [0.25, 0.3) is 0 Å². The van der Waals surface area contributed by atoms with E-state index in [1.54, 1.807) is 12.1 Å². The van der Waals surface area contributed by atoms with Gasteiger partial charge in [-0.2, -0.15) is 4.31 Å². The van der Waals surface area contributed by atoms with Gasteiger partial charge in [-0.1, -0.05) is 38.4 Å². The summed E-state index contributed by atoms with van der Waals surface area (Å²) in [5.74, 6) is -0.0473. The molecule has 28 heavy (non-hydrogen) atoms. The topological polar surface area (TPSA) is 66.5 Å². The molecule has 0 aromatic heterocycles. The van der Waals surface area contributed by atoms with Crippen LogP contribution >= 0.6 is 11.6 Å². The van der Waals surface area contributed by atoms with Gasteiger partial charge in [0, 0.05) is 30.2 Å². The van der Waals surface area contributed by atoms with Crippen LogP contribution in [-0.2, 0) is 27.8 Å². The van der Waals surface area contributed by atoms with E-state index in [4.69, 9.17) is 11.6 Å². The average molecular weight is 421 g/mol. The summed E-state index contributed by atoms with van der Waals surface area (Å²) in [6.45, 7) is 6.74. The van der Waals surface area contributed by atoms with E-state index in [9.17, 15) is 13.2 Å². The predicted octanol–water partition coefficient (Wildman–Crippen LogP) is 4.46.